The molecule has 3 atom stereocenters. The fraction of sp³-hybridized carbons (Fsp3) is 0.333. The minimum atomic E-state index is -0.894. The Bertz CT molecular complexity index is 895. The van der Waals surface area contributed by atoms with Gasteiger partial charge in [0.1, 0.15) is 6.07 Å². The highest BCUT2D eigenvalue weighted by Crippen LogP contribution is 2.60. The van der Waals surface area contributed by atoms with Gasteiger partial charge in [-0.25, -0.2) is 0 Å². The quantitative estimate of drug-likeness (QED) is 0.427. The van der Waals surface area contributed by atoms with Crippen LogP contribution in [-0.2, 0) is 16.0 Å². The Balaban J connectivity index is 1.72. The summed E-state index contributed by atoms with van der Waals surface area (Å²) >= 11 is 8.40. The monoisotopic (exact) mass is 507 g/mol. The first-order chi connectivity index (χ1) is 12.8. The SMILES string of the molecule is CC1(C)C(C=C(Br)Br)C1C(=O)OC(C#N)c1cccc(Cc2cccs2)c1. The number of benzene rings is 1. The van der Waals surface area contributed by atoms with Crippen molar-refractivity contribution in [3.63, 3.8) is 0 Å². The molecule has 0 spiro atoms. The van der Waals surface area contributed by atoms with Crippen LogP contribution in [0, 0.1) is 28.6 Å². The predicted molar refractivity (Wildman–Crippen MR) is 115 cm³/mol. The van der Waals surface area contributed by atoms with Gasteiger partial charge in [-0.2, -0.15) is 5.26 Å². The van der Waals surface area contributed by atoms with Gasteiger partial charge >= 0.3 is 5.97 Å². The standard InChI is InChI=1S/C21H19Br2NO2S/c1-21(2)16(11-18(22)23)19(21)20(25)26-17(12-24)14-6-3-5-13(9-14)10-15-7-4-8-27-15/h3-9,11,16-17,19H,10H2,1-2H3. The van der Waals surface area contributed by atoms with E-state index in [1.807, 2.05) is 55.6 Å². The molecule has 0 amide bonds. The minimum absolute atomic E-state index is 0.0863. The van der Waals surface area contributed by atoms with Crippen molar-refractivity contribution >= 4 is 49.2 Å². The lowest BCUT2D eigenvalue weighted by Crippen LogP contribution is -2.14. The molecule has 0 aliphatic heterocycles. The van der Waals surface area contributed by atoms with Crippen LogP contribution in [0.2, 0.25) is 0 Å². The number of hydrogen-bond donors (Lipinski definition) is 0. The number of nitrogens with zero attached hydrogens (tertiary/aromatic N) is 1. The second kappa shape index (κ2) is 8.30. The van der Waals surface area contributed by atoms with E-state index < -0.39 is 6.10 Å². The summed E-state index contributed by atoms with van der Waals surface area (Å²) in [5, 5.41) is 11.6. The van der Waals surface area contributed by atoms with Crippen molar-refractivity contribution in [1.29, 1.82) is 5.26 Å². The second-order valence-electron chi connectivity index (χ2n) is 7.23. The van der Waals surface area contributed by atoms with E-state index in [1.165, 1.54) is 4.88 Å². The Labute approximate surface area is 180 Å². The molecule has 3 unspecified atom stereocenters. The van der Waals surface area contributed by atoms with E-state index in [2.05, 4.69) is 44.0 Å². The first-order valence-electron chi connectivity index (χ1n) is 8.57. The van der Waals surface area contributed by atoms with Crippen LogP contribution in [0.3, 0.4) is 0 Å². The van der Waals surface area contributed by atoms with Crippen molar-refractivity contribution in [3.05, 3.63) is 67.2 Å². The fourth-order valence-electron chi connectivity index (χ4n) is 3.41. The van der Waals surface area contributed by atoms with E-state index in [9.17, 15) is 10.1 Å². The molecule has 1 aromatic carbocycles. The average Bonchev–Trinajstić information content (AvgIpc) is 2.96. The Morgan fingerprint density at radius 3 is 2.78 bits per heavy atom. The molecule has 1 saturated carbocycles. The van der Waals surface area contributed by atoms with Crippen molar-refractivity contribution in [1.82, 2.24) is 0 Å². The molecule has 0 N–H and O–H groups in total. The van der Waals surface area contributed by atoms with Crippen molar-refractivity contribution in [3.8, 4) is 6.07 Å². The fourth-order valence-corrected chi connectivity index (χ4v) is 4.72. The third-order valence-corrected chi connectivity index (χ3v) is 6.44. The van der Waals surface area contributed by atoms with E-state index in [1.54, 1.807) is 11.3 Å². The molecule has 1 aromatic heterocycles. The van der Waals surface area contributed by atoms with Crippen LogP contribution in [0.1, 0.15) is 36.0 Å². The number of esters is 1. The van der Waals surface area contributed by atoms with Gasteiger partial charge in [-0.3, -0.25) is 4.79 Å². The van der Waals surface area contributed by atoms with Crippen LogP contribution in [0.15, 0.2) is 51.2 Å². The third-order valence-electron chi connectivity index (χ3n) is 5.03. The molecular formula is C21H19Br2NO2S. The molecule has 140 valence electrons. The Kier molecular flexibility index (Phi) is 6.25. The topological polar surface area (TPSA) is 50.1 Å². The number of carbonyl (C=O) groups is 1. The van der Waals surface area contributed by atoms with Gasteiger partial charge in [0, 0.05) is 16.9 Å². The summed E-state index contributed by atoms with van der Waals surface area (Å²) < 4.78 is 6.41. The Hall–Kier alpha value is -1.42. The minimum Gasteiger partial charge on any atom is -0.442 e. The zero-order valence-electron chi connectivity index (χ0n) is 15.0. The Morgan fingerprint density at radius 2 is 2.15 bits per heavy atom. The zero-order valence-corrected chi connectivity index (χ0v) is 19.0. The molecule has 1 heterocycles. The zero-order chi connectivity index (χ0) is 19.6. The summed E-state index contributed by atoms with van der Waals surface area (Å²) in [6, 6.07) is 14.0. The predicted octanol–water partition coefficient (Wildman–Crippen LogP) is 6.35. The van der Waals surface area contributed by atoms with E-state index in [-0.39, 0.29) is 23.2 Å². The number of ether oxygens (including phenoxy) is 1. The highest BCUT2D eigenvalue weighted by Gasteiger charge is 2.61. The molecule has 0 bridgehead atoms. The van der Waals surface area contributed by atoms with Crippen molar-refractivity contribution in [2.45, 2.75) is 26.4 Å². The summed E-state index contributed by atoms with van der Waals surface area (Å²) in [7, 11) is 0. The molecule has 0 saturated heterocycles. The normalized spacial score (nSPS) is 21.0. The lowest BCUT2D eigenvalue weighted by atomic mass is 10.0. The average molecular weight is 509 g/mol. The molecule has 2 aromatic rings. The van der Waals surface area contributed by atoms with E-state index in [4.69, 9.17) is 4.74 Å². The van der Waals surface area contributed by atoms with Gasteiger partial charge < -0.3 is 4.74 Å². The summed E-state index contributed by atoms with van der Waals surface area (Å²) in [5.41, 5.74) is 1.64. The van der Waals surface area contributed by atoms with Crippen LogP contribution in [0.25, 0.3) is 0 Å². The first kappa shape index (κ1) is 20.3. The van der Waals surface area contributed by atoms with Crippen molar-refractivity contribution in [2.75, 3.05) is 0 Å². The van der Waals surface area contributed by atoms with Gasteiger partial charge in [-0.15, -0.1) is 11.3 Å². The maximum Gasteiger partial charge on any atom is 0.311 e. The van der Waals surface area contributed by atoms with Crippen LogP contribution in [-0.4, -0.2) is 5.97 Å². The summed E-state index contributed by atoms with van der Waals surface area (Å²) in [6.07, 6.45) is 1.88. The first-order valence-corrected chi connectivity index (χ1v) is 11.0. The molecule has 1 aliphatic rings. The number of nitriles is 1. The summed E-state index contributed by atoms with van der Waals surface area (Å²) in [4.78, 5) is 13.9. The molecule has 1 aliphatic carbocycles. The maximum absolute atomic E-state index is 12.7. The van der Waals surface area contributed by atoms with Crippen molar-refractivity contribution < 1.29 is 9.53 Å². The molecule has 27 heavy (non-hydrogen) atoms. The molecule has 0 radical (unpaired) electrons. The van der Waals surface area contributed by atoms with Crippen molar-refractivity contribution in [2.24, 2.45) is 17.3 Å². The number of thiophene rings is 1. The number of allylic oxidation sites excluding steroid dienone is 1. The van der Waals surface area contributed by atoms with E-state index in [0.717, 1.165) is 15.4 Å². The van der Waals surface area contributed by atoms with Gasteiger partial charge in [0.15, 0.2) is 0 Å². The molecule has 6 heteroatoms. The summed E-state index contributed by atoms with van der Waals surface area (Å²) in [5.74, 6) is -0.478. The molecular weight excluding hydrogens is 490 g/mol. The van der Waals surface area contributed by atoms with Gasteiger partial charge in [0.25, 0.3) is 0 Å². The summed E-state index contributed by atoms with van der Waals surface area (Å²) in [6.45, 7) is 4.07. The van der Waals surface area contributed by atoms with Crippen LogP contribution in [0.5, 0.6) is 0 Å². The molecule has 3 nitrogen and oxygen atoms in total. The smallest absolute Gasteiger partial charge is 0.311 e. The molecule has 3 rings (SSSR count). The van der Waals surface area contributed by atoms with Gasteiger partial charge in [-0.1, -0.05) is 50.3 Å². The Morgan fingerprint density at radius 1 is 1.37 bits per heavy atom. The highest BCUT2D eigenvalue weighted by atomic mass is 79.9. The number of halogens is 2. The number of hydrogen-bond acceptors (Lipinski definition) is 4. The van der Waals surface area contributed by atoms with E-state index in [0.29, 0.717) is 5.56 Å². The van der Waals surface area contributed by atoms with Crippen LogP contribution < -0.4 is 0 Å². The second-order valence-corrected chi connectivity index (χ2v) is 11.0. The largest absolute Gasteiger partial charge is 0.442 e. The molecule has 1 fully saturated rings. The highest BCUT2D eigenvalue weighted by molar-refractivity contribution is 9.28. The van der Waals surface area contributed by atoms with Gasteiger partial charge in [0.05, 0.1) is 9.31 Å². The third kappa shape index (κ3) is 4.71. The van der Waals surface area contributed by atoms with Crippen LogP contribution >= 0.6 is 43.2 Å². The number of rotatable bonds is 6. The van der Waals surface area contributed by atoms with E-state index >= 15 is 0 Å². The van der Waals surface area contributed by atoms with Gasteiger partial charge in [0.2, 0.25) is 6.10 Å². The maximum atomic E-state index is 12.7. The number of carbonyl (C=O) groups excluding carboxylic acids is 1. The van der Waals surface area contributed by atoms with Gasteiger partial charge in [-0.05, 0) is 60.2 Å². The lowest BCUT2D eigenvalue weighted by molar-refractivity contribution is -0.149. The lowest BCUT2D eigenvalue weighted by Gasteiger charge is -2.13. The van der Waals surface area contributed by atoms with Crippen LogP contribution in [0.4, 0.5) is 0 Å².